The van der Waals surface area contributed by atoms with Crippen LogP contribution < -0.4 is 9.47 Å². The van der Waals surface area contributed by atoms with E-state index in [-0.39, 0.29) is 5.38 Å². The smallest absolute Gasteiger partial charge is 0.162 e. The monoisotopic (exact) mass is 380 g/mol. The second-order valence-corrected chi connectivity index (χ2v) is 6.37. The topological polar surface area (TPSA) is 18.5 Å². The van der Waals surface area contributed by atoms with Crippen LogP contribution in [-0.2, 0) is 0 Å². The van der Waals surface area contributed by atoms with Gasteiger partial charge >= 0.3 is 0 Å². The van der Waals surface area contributed by atoms with Crippen molar-refractivity contribution in [2.24, 2.45) is 0 Å². The van der Waals surface area contributed by atoms with Crippen LogP contribution >= 0.6 is 50.5 Å². The number of rotatable bonds is 4. The molecule has 0 saturated heterocycles. The summed E-state index contributed by atoms with van der Waals surface area (Å²) in [7, 11) is 3.15. The van der Waals surface area contributed by atoms with Crippen molar-refractivity contribution in [1.29, 1.82) is 0 Å². The lowest BCUT2D eigenvalue weighted by molar-refractivity contribution is 0.354. The number of ether oxygens (including phenoxy) is 2. The highest BCUT2D eigenvalue weighted by Crippen LogP contribution is 2.43. The van der Waals surface area contributed by atoms with Crippen LogP contribution in [0.1, 0.15) is 15.8 Å². The highest BCUT2D eigenvalue weighted by Gasteiger charge is 2.20. The number of methoxy groups -OCH3 is 2. The SMILES string of the molecule is COc1cc(Cl)c(C(Cl)c2sccc2Br)cc1OC. The van der Waals surface area contributed by atoms with Crippen LogP contribution in [0, 0.1) is 0 Å². The zero-order chi connectivity index (χ0) is 14.0. The molecule has 1 atom stereocenters. The van der Waals surface area contributed by atoms with Crippen molar-refractivity contribution in [3.8, 4) is 11.5 Å². The van der Waals surface area contributed by atoms with Gasteiger partial charge in [0.05, 0.1) is 19.6 Å². The van der Waals surface area contributed by atoms with Gasteiger partial charge in [-0.3, -0.25) is 0 Å². The molecule has 102 valence electrons. The van der Waals surface area contributed by atoms with E-state index in [1.807, 2.05) is 17.5 Å². The average molecular weight is 382 g/mol. The summed E-state index contributed by atoms with van der Waals surface area (Å²) in [4.78, 5) is 1.01. The van der Waals surface area contributed by atoms with Crippen molar-refractivity contribution in [2.75, 3.05) is 14.2 Å². The van der Waals surface area contributed by atoms with Gasteiger partial charge in [-0.15, -0.1) is 22.9 Å². The van der Waals surface area contributed by atoms with Gasteiger partial charge in [-0.05, 0) is 39.0 Å². The van der Waals surface area contributed by atoms with E-state index in [1.165, 1.54) is 0 Å². The fourth-order valence-electron chi connectivity index (χ4n) is 1.69. The van der Waals surface area contributed by atoms with E-state index in [4.69, 9.17) is 32.7 Å². The van der Waals surface area contributed by atoms with Gasteiger partial charge in [0.15, 0.2) is 11.5 Å². The maximum absolute atomic E-state index is 6.51. The van der Waals surface area contributed by atoms with Gasteiger partial charge in [0, 0.05) is 20.4 Å². The maximum atomic E-state index is 6.51. The van der Waals surface area contributed by atoms with Crippen LogP contribution in [0.15, 0.2) is 28.1 Å². The fraction of sp³-hybridized carbons (Fsp3) is 0.231. The summed E-state index contributed by atoms with van der Waals surface area (Å²) < 4.78 is 11.5. The average Bonchev–Trinajstić information content (AvgIpc) is 2.83. The van der Waals surface area contributed by atoms with E-state index >= 15 is 0 Å². The zero-order valence-corrected chi connectivity index (χ0v) is 14.2. The van der Waals surface area contributed by atoms with Gasteiger partial charge in [0.2, 0.25) is 0 Å². The third-order valence-electron chi connectivity index (χ3n) is 2.65. The second-order valence-electron chi connectivity index (χ2n) is 3.72. The molecule has 1 unspecified atom stereocenters. The number of hydrogen-bond donors (Lipinski definition) is 0. The number of alkyl halides is 1. The minimum absolute atomic E-state index is 0.332. The number of hydrogen-bond acceptors (Lipinski definition) is 3. The molecule has 2 aromatic rings. The van der Waals surface area contributed by atoms with Crippen molar-refractivity contribution in [3.63, 3.8) is 0 Å². The first kappa shape index (κ1) is 15.0. The van der Waals surface area contributed by atoms with E-state index in [9.17, 15) is 0 Å². The van der Waals surface area contributed by atoms with Gasteiger partial charge in [-0.1, -0.05) is 11.6 Å². The van der Waals surface area contributed by atoms with Gasteiger partial charge in [0.1, 0.15) is 0 Å². The molecule has 6 heteroatoms. The first-order chi connectivity index (χ1) is 9.08. The molecule has 2 nitrogen and oxygen atoms in total. The summed E-state index contributed by atoms with van der Waals surface area (Å²) in [5, 5.41) is 2.20. The summed E-state index contributed by atoms with van der Waals surface area (Å²) in [6, 6.07) is 5.49. The lowest BCUT2D eigenvalue weighted by Crippen LogP contribution is -1.97. The first-order valence-electron chi connectivity index (χ1n) is 5.36. The Morgan fingerprint density at radius 1 is 1.21 bits per heavy atom. The highest BCUT2D eigenvalue weighted by molar-refractivity contribution is 9.10. The Kier molecular flexibility index (Phi) is 5.01. The van der Waals surface area contributed by atoms with E-state index in [0.29, 0.717) is 16.5 Å². The molecule has 1 heterocycles. The highest BCUT2D eigenvalue weighted by atomic mass is 79.9. The third kappa shape index (κ3) is 3.02. The Morgan fingerprint density at radius 3 is 2.37 bits per heavy atom. The van der Waals surface area contributed by atoms with Crippen LogP contribution in [0.25, 0.3) is 0 Å². The summed E-state index contributed by atoms with van der Waals surface area (Å²) in [6.07, 6.45) is 0. The van der Waals surface area contributed by atoms with E-state index in [1.54, 1.807) is 31.6 Å². The Hall–Kier alpha value is -0.420. The summed E-state index contributed by atoms with van der Waals surface area (Å²) in [5.74, 6) is 1.20. The zero-order valence-electron chi connectivity index (χ0n) is 10.2. The van der Waals surface area contributed by atoms with Crippen LogP contribution in [0.4, 0.5) is 0 Å². The molecule has 0 aliphatic heterocycles. The standard InChI is InChI=1S/C13H11BrCl2O2S/c1-17-10-5-7(9(15)6-11(10)18-2)12(16)13-8(14)3-4-19-13/h3-6,12H,1-2H3. The second kappa shape index (κ2) is 6.35. The van der Waals surface area contributed by atoms with Crippen LogP contribution in [0.3, 0.4) is 0 Å². The van der Waals surface area contributed by atoms with Gasteiger partial charge < -0.3 is 9.47 Å². The molecular weight excluding hydrogens is 371 g/mol. The minimum atomic E-state index is -0.332. The van der Waals surface area contributed by atoms with E-state index in [2.05, 4.69) is 15.9 Å². The Morgan fingerprint density at radius 2 is 1.84 bits per heavy atom. The van der Waals surface area contributed by atoms with Crippen LogP contribution in [0.2, 0.25) is 5.02 Å². The molecule has 1 aromatic heterocycles. The third-order valence-corrected chi connectivity index (χ3v) is 5.50. The summed E-state index contributed by atoms with van der Waals surface area (Å²) >= 11 is 17.8. The van der Waals surface area contributed by atoms with E-state index < -0.39 is 0 Å². The first-order valence-corrected chi connectivity index (χ1v) is 7.85. The van der Waals surface area contributed by atoms with Crippen molar-refractivity contribution >= 4 is 50.5 Å². The Labute approximate surface area is 134 Å². The van der Waals surface area contributed by atoms with Crippen LogP contribution in [0.5, 0.6) is 11.5 Å². The van der Waals surface area contributed by atoms with Crippen molar-refractivity contribution in [2.45, 2.75) is 5.38 Å². The molecule has 0 bridgehead atoms. The Bertz CT molecular complexity index is 586. The normalized spacial score (nSPS) is 12.3. The molecule has 0 fully saturated rings. The van der Waals surface area contributed by atoms with Crippen molar-refractivity contribution in [1.82, 2.24) is 0 Å². The summed E-state index contributed by atoms with van der Waals surface area (Å²) in [5.41, 5.74) is 0.795. The number of halogens is 3. The van der Waals surface area contributed by atoms with Crippen molar-refractivity contribution < 1.29 is 9.47 Å². The van der Waals surface area contributed by atoms with Gasteiger partial charge in [-0.25, -0.2) is 0 Å². The minimum Gasteiger partial charge on any atom is -0.493 e. The molecular formula is C13H11BrCl2O2S. The molecule has 0 spiro atoms. The molecule has 0 N–H and O–H groups in total. The molecule has 2 rings (SSSR count). The number of benzene rings is 1. The number of thiophene rings is 1. The largest absolute Gasteiger partial charge is 0.493 e. The molecule has 1 aromatic carbocycles. The molecule has 0 aliphatic rings. The molecule has 0 aliphatic carbocycles. The predicted molar refractivity (Wildman–Crippen MR) is 84.3 cm³/mol. The van der Waals surface area contributed by atoms with Gasteiger partial charge in [-0.2, -0.15) is 0 Å². The molecule has 0 saturated carbocycles. The maximum Gasteiger partial charge on any atom is 0.162 e. The lowest BCUT2D eigenvalue weighted by atomic mass is 10.1. The van der Waals surface area contributed by atoms with Gasteiger partial charge in [0.25, 0.3) is 0 Å². The molecule has 0 amide bonds. The summed E-state index contributed by atoms with van der Waals surface area (Å²) in [6.45, 7) is 0. The van der Waals surface area contributed by atoms with Crippen molar-refractivity contribution in [3.05, 3.63) is 43.5 Å². The van der Waals surface area contributed by atoms with Crippen LogP contribution in [-0.4, -0.2) is 14.2 Å². The van der Waals surface area contributed by atoms with E-state index in [0.717, 1.165) is 14.9 Å². The lowest BCUT2D eigenvalue weighted by Gasteiger charge is -2.15. The fourth-order valence-corrected chi connectivity index (χ4v) is 4.19. The Balaban J connectivity index is 2.48. The quantitative estimate of drug-likeness (QED) is 0.650. The molecule has 19 heavy (non-hydrogen) atoms. The predicted octanol–water partition coefficient (Wildman–Crippen LogP) is 5.51. The molecule has 0 radical (unpaired) electrons.